The van der Waals surface area contributed by atoms with Crippen molar-refractivity contribution < 1.29 is 18.6 Å². The third-order valence-corrected chi connectivity index (χ3v) is 4.55. The van der Waals surface area contributed by atoms with Crippen molar-refractivity contribution in [2.24, 2.45) is 0 Å². The maximum absolute atomic E-state index is 14.0. The lowest BCUT2D eigenvalue weighted by atomic mass is 10.2. The molecule has 2 aromatic carbocycles. The van der Waals surface area contributed by atoms with Gasteiger partial charge in [0.2, 0.25) is 0 Å². The number of halogens is 1. The summed E-state index contributed by atoms with van der Waals surface area (Å²) in [6.45, 7) is 2.02. The topological polar surface area (TPSA) is 27.7 Å². The monoisotopic (exact) mass is 308 g/mol. The van der Waals surface area contributed by atoms with Crippen molar-refractivity contribution in [3.8, 4) is 11.5 Å². The lowest BCUT2D eigenvalue weighted by Gasteiger charge is -2.15. The molecule has 0 aromatic heterocycles. The summed E-state index contributed by atoms with van der Waals surface area (Å²) in [6.07, 6.45) is 0. The van der Waals surface area contributed by atoms with E-state index in [2.05, 4.69) is 0 Å². The minimum absolute atomic E-state index is 0.119. The molecular weight excluding hydrogens is 290 g/mol. The molecule has 0 aliphatic rings. The average Bonchev–Trinajstić information content (AvgIpc) is 2.49. The fraction of sp³-hybridized carbons (Fsp3) is 0.250. The molecule has 1 atom stereocenters. The maximum Gasteiger partial charge on any atom is 0.188 e. The van der Waals surface area contributed by atoms with Crippen LogP contribution in [0, 0.1) is 12.7 Å². The third-order valence-electron chi connectivity index (χ3n) is 3.00. The molecule has 21 heavy (non-hydrogen) atoms. The molecule has 0 aliphatic carbocycles. The van der Waals surface area contributed by atoms with Crippen molar-refractivity contribution in [2.75, 3.05) is 21.0 Å². The van der Waals surface area contributed by atoms with Gasteiger partial charge in [-0.2, -0.15) is 0 Å². The molecule has 0 bridgehead atoms. The maximum atomic E-state index is 14.0. The number of aryl methyl sites for hydroxylation is 1. The highest BCUT2D eigenvalue weighted by atomic mass is 31.1. The highest BCUT2D eigenvalue weighted by Crippen LogP contribution is 2.30. The SMILES string of the molecule is COCOc1c(OC)cccc1Pc1c(C)cccc1F. The molecule has 0 saturated carbocycles. The summed E-state index contributed by atoms with van der Waals surface area (Å²) in [7, 11) is 3.28. The Labute approximate surface area is 125 Å². The van der Waals surface area contributed by atoms with E-state index in [0.29, 0.717) is 16.8 Å². The van der Waals surface area contributed by atoms with Crippen LogP contribution in [0.5, 0.6) is 11.5 Å². The highest BCUT2D eigenvalue weighted by Gasteiger charge is 2.14. The quantitative estimate of drug-likeness (QED) is 0.607. The summed E-state index contributed by atoms with van der Waals surface area (Å²) in [4.78, 5) is 0. The minimum atomic E-state index is -0.200. The lowest BCUT2D eigenvalue weighted by Crippen LogP contribution is -2.14. The van der Waals surface area contributed by atoms with E-state index in [4.69, 9.17) is 14.2 Å². The van der Waals surface area contributed by atoms with E-state index in [0.717, 1.165) is 10.9 Å². The Morgan fingerprint density at radius 3 is 2.52 bits per heavy atom. The number of hydrogen-bond donors (Lipinski definition) is 0. The zero-order valence-corrected chi connectivity index (χ0v) is 13.3. The first-order valence-corrected chi connectivity index (χ1v) is 7.48. The first-order valence-electron chi connectivity index (χ1n) is 6.48. The van der Waals surface area contributed by atoms with Crippen molar-refractivity contribution in [1.82, 2.24) is 0 Å². The zero-order valence-electron chi connectivity index (χ0n) is 12.3. The van der Waals surface area contributed by atoms with Crippen molar-refractivity contribution in [3.05, 3.63) is 47.8 Å². The van der Waals surface area contributed by atoms with Crippen molar-refractivity contribution in [1.29, 1.82) is 0 Å². The number of methoxy groups -OCH3 is 2. The molecule has 0 amide bonds. The average molecular weight is 308 g/mol. The Kier molecular flexibility index (Phi) is 5.54. The Morgan fingerprint density at radius 2 is 1.86 bits per heavy atom. The van der Waals surface area contributed by atoms with E-state index < -0.39 is 0 Å². The largest absolute Gasteiger partial charge is 0.493 e. The van der Waals surface area contributed by atoms with Gasteiger partial charge in [0.25, 0.3) is 0 Å². The molecular formula is C16H18FO3P. The van der Waals surface area contributed by atoms with Crippen LogP contribution in [-0.2, 0) is 4.74 Å². The smallest absolute Gasteiger partial charge is 0.188 e. The highest BCUT2D eigenvalue weighted by molar-refractivity contribution is 7.56. The van der Waals surface area contributed by atoms with Gasteiger partial charge in [0.15, 0.2) is 18.3 Å². The fourth-order valence-electron chi connectivity index (χ4n) is 1.97. The van der Waals surface area contributed by atoms with Gasteiger partial charge in [-0.25, -0.2) is 4.39 Å². The van der Waals surface area contributed by atoms with E-state index in [1.165, 1.54) is 6.07 Å². The van der Waals surface area contributed by atoms with Crippen LogP contribution in [0.4, 0.5) is 4.39 Å². The van der Waals surface area contributed by atoms with E-state index in [-0.39, 0.29) is 21.2 Å². The Hall–Kier alpha value is -1.64. The molecule has 1 unspecified atom stereocenters. The van der Waals surface area contributed by atoms with Crippen LogP contribution in [0.3, 0.4) is 0 Å². The Bertz CT molecular complexity index is 596. The van der Waals surface area contributed by atoms with Crippen LogP contribution in [0.1, 0.15) is 5.56 Å². The van der Waals surface area contributed by atoms with Crippen LogP contribution in [-0.4, -0.2) is 21.0 Å². The minimum Gasteiger partial charge on any atom is -0.493 e. The molecule has 5 heteroatoms. The van der Waals surface area contributed by atoms with E-state index in [1.54, 1.807) is 20.3 Å². The van der Waals surface area contributed by atoms with Gasteiger partial charge in [-0.3, -0.25) is 0 Å². The van der Waals surface area contributed by atoms with Crippen LogP contribution < -0.4 is 20.1 Å². The predicted octanol–water partition coefficient (Wildman–Crippen LogP) is 2.75. The standard InChI is InChI=1S/C16H18FO3P/c1-11-6-4-7-12(17)16(11)21-14-9-5-8-13(19-3)15(14)20-10-18-2/h4-9,21H,10H2,1-3H3. The molecule has 0 heterocycles. The number of rotatable bonds is 6. The number of ether oxygens (including phenoxy) is 3. The zero-order chi connectivity index (χ0) is 15.2. The summed E-state index contributed by atoms with van der Waals surface area (Å²) in [5, 5.41) is 1.58. The molecule has 0 saturated heterocycles. The number of hydrogen-bond acceptors (Lipinski definition) is 3. The molecule has 2 aromatic rings. The molecule has 112 valence electrons. The van der Waals surface area contributed by atoms with Crippen LogP contribution >= 0.6 is 8.58 Å². The molecule has 0 fully saturated rings. The second-order valence-corrected chi connectivity index (χ2v) is 5.73. The van der Waals surface area contributed by atoms with Crippen LogP contribution in [0.25, 0.3) is 0 Å². The summed E-state index contributed by atoms with van der Waals surface area (Å²) >= 11 is 0. The van der Waals surface area contributed by atoms with Gasteiger partial charge >= 0.3 is 0 Å². The van der Waals surface area contributed by atoms with Gasteiger partial charge in [-0.1, -0.05) is 32.8 Å². The summed E-state index contributed by atoms with van der Waals surface area (Å²) in [6, 6.07) is 10.7. The normalized spacial score (nSPS) is 11.0. The molecule has 2 rings (SSSR count). The van der Waals surface area contributed by atoms with Gasteiger partial charge in [-0.15, -0.1) is 0 Å². The van der Waals surface area contributed by atoms with Gasteiger partial charge in [-0.05, 0) is 24.6 Å². The molecule has 3 nitrogen and oxygen atoms in total. The number of benzene rings is 2. The lowest BCUT2D eigenvalue weighted by molar-refractivity contribution is 0.0500. The predicted molar refractivity (Wildman–Crippen MR) is 84.2 cm³/mol. The van der Waals surface area contributed by atoms with Gasteiger partial charge < -0.3 is 14.2 Å². The molecule has 0 radical (unpaired) electrons. The van der Waals surface area contributed by atoms with Gasteiger partial charge in [0.1, 0.15) is 5.82 Å². The summed E-state index contributed by atoms with van der Waals surface area (Å²) in [5.74, 6) is 1.02. The third kappa shape index (κ3) is 3.72. The van der Waals surface area contributed by atoms with Gasteiger partial charge in [0, 0.05) is 17.7 Å². The number of para-hydroxylation sites is 1. The van der Waals surface area contributed by atoms with Gasteiger partial charge in [0.05, 0.1) is 7.11 Å². The molecule has 0 N–H and O–H groups in total. The first-order chi connectivity index (χ1) is 10.2. The Balaban J connectivity index is 2.39. The van der Waals surface area contributed by atoms with Crippen molar-refractivity contribution in [3.63, 3.8) is 0 Å². The molecule has 0 aliphatic heterocycles. The van der Waals surface area contributed by atoms with Crippen molar-refractivity contribution >= 4 is 19.2 Å². The van der Waals surface area contributed by atoms with E-state index in [9.17, 15) is 4.39 Å². The second-order valence-electron chi connectivity index (χ2n) is 4.44. The first kappa shape index (κ1) is 15.7. The second kappa shape index (κ2) is 7.39. The van der Waals surface area contributed by atoms with Crippen LogP contribution in [0.15, 0.2) is 36.4 Å². The fourth-order valence-corrected chi connectivity index (χ4v) is 3.21. The van der Waals surface area contributed by atoms with E-state index in [1.807, 2.05) is 31.2 Å². The summed E-state index contributed by atoms with van der Waals surface area (Å²) in [5.41, 5.74) is 0.925. The Morgan fingerprint density at radius 1 is 1.10 bits per heavy atom. The summed E-state index contributed by atoms with van der Waals surface area (Å²) < 4.78 is 29.9. The molecule has 0 spiro atoms. The van der Waals surface area contributed by atoms with Crippen molar-refractivity contribution in [2.45, 2.75) is 6.92 Å². The van der Waals surface area contributed by atoms with E-state index >= 15 is 0 Å². The van der Waals surface area contributed by atoms with Crippen LogP contribution in [0.2, 0.25) is 0 Å².